The van der Waals surface area contributed by atoms with Crippen molar-refractivity contribution in [2.24, 2.45) is 0 Å². The summed E-state index contributed by atoms with van der Waals surface area (Å²) in [4.78, 5) is 8.25. The molecule has 0 saturated heterocycles. The summed E-state index contributed by atoms with van der Waals surface area (Å²) in [5.74, 6) is 0. The molecule has 0 aromatic carbocycles. The van der Waals surface area contributed by atoms with Gasteiger partial charge < -0.3 is 48.2 Å². The van der Waals surface area contributed by atoms with Gasteiger partial charge in [-0.2, -0.15) is 0 Å². The van der Waals surface area contributed by atoms with Crippen molar-refractivity contribution in [3.63, 3.8) is 0 Å². The van der Waals surface area contributed by atoms with Crippen LogP contribution in [0.25, 0.3) is 0 Å². The van der Waals surface area contributed by atoms with Crippen LogP contribution in [0.2, 0.25) is 0 Å². The summed E-state index contributed by atoms with van der Waals surface area (Å²) in [6.07, 6.45) is 0. The van der Waals surface area contributed by atoms with E-state index < -0.39 is 5.09 Å². The Labute approximate surface area is 91.2 Å². The summed E-state index contributed by atoms with van der Waals surface area (Å²) >= 11 is 0. The molecule has 0 aliphatic carbocycles. The van der Waals surface area contributed by atoms with Crippen LogP contribution in [-0.4, -0.2) is 37.9 Å². The topological polar surface area (TPSA) is 255 Å². The van der Waals surface area contributed by atoms with Crippen molar-refractivity contribution >= 4 is 0 Å². The summed E-state index contributed by atoms with van der Waals surface area (Å²) in [7, 11) is 0. The Morgan fingerprint density at radius 2 is 0.727 bits per heavy atom. The van der Waals surface area contributed by atoms with Crippen LogP contribution in [0.5, 0.6) is 0 Å². The molecule has 12 N–H and O–H groups in total. The van der Waals surface area contributed by atoms with Gasteiger partial charge in [-0.1, -0.05) is 0 Å². The number of hydrogen-bond donors (Lipinski definition) is 0. The maximum atomic E-state index is 8.25. The Kier molecular flexibility index (Phi) is 854. The van der Waals surface area contributed by atoms with Gasteiger partial charge in [-0.25, -0.2) is 0 Å². The standard InChI is InChI=1S/Dy.NO3.6H2O/c;2-1(3)4;;;;;;/h;;6*1H2/q;-1;;;;;;. The SMILES string of the molecule is O.O.O.O.O.O.O=[N+]([O-])[O-].[Dy]. The van der Waals surface area contributed by atoms with Crippen LogP contribution >= 0.6 is 0 Å². The summed E-state index contributed by atoms with van der Waals surface area (Å²) in [5, 5.41) is 14.8. The number of hydrogen-bond acceptors (Lipinski definition) is 3. The molecule has 0 bridgehead atoms. The molecule has 0 fully saturated rings. The first kappa shape index (κ1) is 113. The van der Waals surface area contributed by atoms with Gasteiger partial charge in [0.05, 0.1) is 5.09 Å². The van der Waals surface area contributed by atoms with E-state index in [4.69, 9.17) is 15.3 Å². The Morgan fingerprint density at radius 1 is 0.727 bits per heavy atom. The summed E-state index contributed by atoms with van der Waals surface area (Å²) in [6.45, 7) is 0. The number of nitrogens with zero attached hydrogens (tertiary/aromatic N) is 1. The Morgan fingerprint density at radius 3 is 0.727 bits per heavy atom. The van der Waals surface area contributed by atoms with Crippen LogP contribution in [-0.2, 0) is 0 Å². The van der Waals surface area contributed by atoms with E-state index in [2.05, 4.69) is 0 Å². The summed E-state index contributed by atoms with van der Waals surface area (Å²) < 4.78 is 0. The molecule has 0 heterocycles. The fourth-order valence-corrected chi connectivity index (χ4v) is 0. The summed E-state index contributed by atoms with van der Waals surface area (Å²) in [5.41, 5.74) is 0. The van der Waals surface area contributed by atoms with Crippen LogP contribution in [0.1, 0.15) is 0 Å². The molecule has 82 valence electrons. The van der Waals surface area contributed by atoms with Gasteiger partial charge in [0.25, 0.3) is 0 Å². The first-order chi connectivity index (χ1) is 1.73. The molecule has 11 heteroatoms. The van der Waals surface area contributed by atoms with Crippen LogP contribution in [0.3, 0.4) is 0 Å². The van der Waals surface area contributed by atoms with Crippen LogP contribution in [0, 0.1) is 53.5 Å². The fraction of sp³-hybridized carbons (Fsp3) is 0. The third-order valence-corrected chi connectivity index (χ3v) is 0. The van der Waals surface area contributed by atoms with Gasteiger partial charge in [-0.05, 0) is 0 Å². The molecule has 10 nitrogen and oxygen atoms in total. The zero-order valence-electron chi connectivity index (χ0n) is 4.99. The van der Waals surface area contributed by atoms with Gasteiger partial charge in [0.15, 0.2) is 0 Å². The normalized spacial score (nSPS) is 2.18. The molecule has 0 aromatic rings. The van der Waals surface area contributed by atoms with Crippen molar-refractivity contribution < 1.29 is 76.1 Å². The van der Waals surface area contributed by atoms with E-state index in [1.165, 1.54) is 0 Å². The Hall–Kier alpha value is 0.233. The van der Waals surface area contributed by atoms with E-state index in [1.54, 1.807) is 0 Å². The van der Waals surface area contributed by atoms with Crippen LogP contribution in [0.4, 0.5) is 0 Å². The molecule has 0 aliphatic heterocycles. The molecular formula is H12DyNO9-. The smallest absolute Gasteiger partial charge is 0.0689 e. The number of rotatable bonds is 0. The van der Waals surface area contributed by atoms with Crippen molar-refractivity contribution in [2.75, 3.05) is 0 Å². The average molecular weight is 333 g/mol. The van der Waals surface area contributed by atoms with Crippen molar-refractivity contribution in [1.29, 1.82) is 0 Å². The Balaban J connectivity index is -0.00000000214. The Bertz CT molecular complexity index is 32.5. The predicted molar refractivity (Wildman–Crippen MR) is 32.0 cm³/mol. The first-order valence-corrected chi connectivity index (χ1v) is 0.548. The van der Waals surface area contributed by atoms with Gasteiger partial charge in [0, 0.05) is 38.2 Å². The zero-order chi connectivity index (χ0) is 3.58. The monoisotopic (exact) mass is 334 g/mol. The van der Waals surface area contributed by atoms with Crippen molar-refractivity contribution in [3.05, 3.63) is 15.3 Å². The molecular weight excluding hydrogens is 320 g/mol. The van der Waals surface area contributed by atoms with Crippen LogP contribution < -0.4 is 0 Å². The first-order valence-electron chi connectivity index (χ1n) is 0.548. The van der Waals surface area contributed by atoms with Gasteiger partial charge in [-0.15, -0.1) is 0 Å². The molecule has 11 heavy (non-hydrogen) atoms. The molecule has 0 aromatic heterocycles. The maximum Gasteiger partial charge on any atom is 0.0689 e. The maximum absolute atomic E-state index is 8.25. The zero-order valence-corrected chi connectivity index (χ0v) is 7.02. The molecule has 0 atom stereocenters. The average Bonchev–Trinajstić information content (AvgIpc) is 0.811. The molecule has 0 spiro atoms. The van der Waals surface area contributed by atoms with Gasteiger partial charge in [0.2, 0.25) is 0 Å². The second-order valence-electron chi connectivity index (χ2n) is 0.224. The molecule has 0 unspecified atom stereocenters. The van der Waals surface area contributed by atoms with Crippen LogP contribution in [0.15, 0.2) is 0 Å². The molecule has 0 radical (unpaired) electrons. The van der Waals surface area contributed by atoms with Gasteiger partial charge in [-0.3, -0.25) is 0 Å². The second-order valence-corrected chi connectivity index (χ2v) is 0.224. The van der Waals surface area contributed by atoms with Gasteiger partial charge in [0.1, 0.15) is 0 Å². The minimum absolute atomic E-state index is 0. The predicted octanol–water partition coefficient (Wildman–Crippen LogP) is -5.19. The van der Waals surface area contributed by atoms with Crippen molar-refractivity contribution in [1.82, 2.24) is 0 Å². The molecule has 0 aliphatic rings. The van der Waals surface area contributed by atoms with Crippen molar-refractivity contribution in [2.45, 2.75) is 0 Å². The van der Waals surface area contributed by atoms with E-state index in [0.717, 1.165) is 0 Å². The fourth-order valence-electron chi connectivity index (χ4n) is 0. The third-order valence-electron chi connectivity index (χ3n) is 0. The van der Waals surface area contributed by atoms with Gasteiger partial charge >= 0.3 is 0 Å². The van der Waals surface area contributed by atoms with E-state index in [9.17, 15) is 0 Å². The molecule has 0 rings (SSSR count). The second kappa shape index (κ2) is 83.5. The van der Waals surface area contributed by atoms with E-state index in [-0.39, 0.29) is 71.0 Å². The minimum atomic E-state index is -1.75. The van der Waals surface area contributed by atoms with Crippen molar-refractivity contribution in [3.8, 4) is 0 Å². The molecule has 0 saturated carbocycles. The largest absolute Gasteiger partial charge is 0.412 e. The van der Waals surface area contributed by atoms with E-state index in [1.807, 2.05) is 0 Å². The summed E-state index contributed by atoms with van der Waals surface area (Å²) in [6, 6.07) is 0. The molecule has 0 amide bonds. The quantitative estimate of drug-likeness (QED) is 0.311. The third kappa shape index (κ3) is 12800. The minimum Gasteiger partial charge on any atom is -0.412 e. The van der Waals surface area contributed by atoms with E-state index in [0.29, 0.717) is 0 Å². The van der Waals surface area contributed by atoms with E-state index >= 15 is 0 Å².